The van der Waals surface area contributed by atoms with E-state index in [0.29, 0.717) is 0 Å². The van der Waals surface area contributed by atoms with Crippen molar-refractivity contribution in [2.24, 2.45) is 5.92 Å². The highest BCUT2D eigenvalue weighted by molar-refractivity contribution is 7.80. The maximum absolute atomic E-state index is 4.19. The summed E-state index contributed by atoms with van der Waals surface area (Å²) in [5.74, 6) is 2.00. The van der Waals surface area contributed by atoms with E-state index in [9.17, 15) is 0 Å². The average molecular weight is 174 g/mol. The molecular formula is C10H22S. The molecule has 1 atom stereocenters. The highest BCUT2D eigenvalue weighted by atomic mass is 32.1. The largest absolute Gasteiger partial charge is 0.179 e. The van der Waals surface area contributed by atoms with E-state index in [1.54, 1.807) is 0 Å². The normalized spacial score (nSPS) is 13.4. The van der Waals surface area contributed by atoms with Crippen molar-refractivity contribution in [1.29, 1.82) is 0 Å². The summed E-state index contributed by atoms with van der Waals surface area (Å²) in [5, 5.41) is 0. The zero-order valence-corrected chi connectivity index (χ0v) is 8.87. The predicted molar refractivity (Wildman–Crippen MR) is 56.4 cm³/mol. The van der Waals surface area contributed by atoms with Crippen molar-refractivity contribution < 1.29 is 0 Å². The third-order valence-corrected chi connectivity index (χ3v) is 2.47. The van der Waals surface area contributed by atoms with Crippen molar-refractivity contribution in [2.75, 3.05) is 5.75 Å². The molecule has 0 aromatic heterocycles. The molecule has 0 aliphatic heterocycles. The monoisotopic (exact) mass is 174 g/mol. The van der Waals surface area contributed by atoms with Gasteiger partial charge in [0.05, 0.1) is 0 Å². The maximum atomic E-state index is 4.19. The lowest BCUT2D eigenvalue weighted by Gasteiger charge is -2.08. The smallest absolute Gasteiger partial charge is 0.00979 e. The Morgan fingerprint density at radius 3 is 2.27 bits per heavy atom. The third-order valence-electron chi connectivity index (χ3n) is 2.16. The molecule has 0 aliphatic rings. The molecule has 1 heteroatoms. The van der Waals surface area contributed by atoms with E-state index in [-0.39, 0.29) is 0 Å². The molecule has 0 nitrogen and oxygen atoms in total. The molecule has 0 heterocycles. The van der Waals surface area contributed by atoms with E-state index in [2.05, 4.69) is 26.5 Å². The van der Waals surface area contributed by atoms with Gasteiger partial charge in [0.25, 0.3) is 0 Å². The third kappa shape index (κ3) is 8.25. The first-order chi connectivity index (χ1) is 5.31. The summed E-state index contributed by atoms with van der Waals surface area (Å²) in [6, 6.07) is 0. The van der Waals surface area contributed by atoms with Gasteiger partial charge in [-0.25, -0.2) is 0 Å². The van der Waals surface area contributed by atoms with Crippen LogP contribution in [0.1, 0.15) is 52.4 Å². The van der Waals surface area contributed by atoms with Crippen LogP contribution in [0.5, 0.6) is 0 Å². The van der Waals surface area contributed by atoms with Crippen LogP contribution < -0.4 is 0 Å². The Morgan fingerprint density at radius 1 is 1.09 bits per heavy atom. The molecule has 0 saturated carbocycles. The molecule has 0 aromatic carbocycles. The van der Waals surface area contributed by atoms with Gasteiger partial charge in [-0.1, -0.05) is 46.0 Å². The Balaban J connectivity index is 3.02. The summed E-state index contributed by atoms with van der Waals surface area (Å²) >= 11 is 4.19. The second kappa shape index (κ2) is 8.45. The zero-order chi connectivity index (χ0) is 8.53. The van der Waals surface area contributed by atoms with Gasteiger partial charge in [-0.15, -0.1) is 0 Å². The predicted octanol–water partition coefficient (Wildman–Crippen LogP) is 3.91. The van der Waals surface area contributed by atoms with E-state index in [0.717, 1.165) is 11.7 Å². The number of rotatable bonds is 7. The van der Waals surface area contributed by atoms with Gasteiger partial charge in [0.1, 0.15) is 0 Å². The van der Waals surface area contributed by atoms with Crippen LogP contribution in [0.2, 0.25) is 0 Å². The van der Waals surface area contributed by atoms with Crippen molar-refractivity contribution in [3.8, 4) is 0 Å². The van der Waals surface area contributed by atoms with Crippen LogP contribution in [0.3, 0.4) is 0 Å². The molecule has 0 saturated heterocycles. The number of thiol groups is 1. The Bertz CT molecular complexity index is 71.3. The van der Waals surface area contributed by atoms with E-state index in [4.69, 9.17) is 0 Å². The first-order valence-corrected chi connectivity index (χ1v) is 5.55. The molecule has 0 aromatic rings. The summed E-state index contributed by atoms with van der Waals surface area (Å²) in [4.78, 5) is 0. The molecule has 0 radical (unpaired) electrons. The quantitative estimate of drug-likeness (QED) is 0.439. The summed E-state index contributed by atoms with van der Waals surface area (Å²) in [5.41, 5.74) is 0. The van der Waals surface area contributed by atoms with Gasteiger partial charge in [0, 0.05) is 0 Å². The highest BCUT2D eigenvalue weighted by Gasteiger charge is 1.99. The van der Waals surface area contributed by atoms with E-state index < -0.39 is 0 Å². The van der Waals surface area contributed by atoms with Gasteiger partial charge in [-0.05, 0) is 18.1 Å². The molecule has 0 spiro atoms. The minimum Gasteiger partial charge on any atom is -0.179 e. The van der Waals surface area contributed by atoms with E-state index in [1.165, 1.54) is 38.5 Å². The van der Waals surface area contributed by atoms with E-state index >= 15 is 0 Å². The minimum atomic E-state index is 0.940. The Morgan fingerprint density at radius 2 is 1.73 bits per heavy atom. The summed E-state index contributed by atoms with van der Waals surface area (Å²) in [6.07, 6.45) is 8.23. The minimum absolute atomic E-state index is 0.940. The number of hydrogen-bond donors (Lipinski definition) is 1. The zero-order valence-electron chi connectivity index (χ0n) is 7.97. The summed E-state index contributed by atoms with van der Waals surface area (Å²) in [7, 11) is 0. The second-order valence-corrected chi connectivity index (χ2v) is 3.91. The summed E-state index contributed by atoms with van der Waals surface area (Å²) in [6.45, 7) is 4.63. The fraction of sp³-hybridized carbons (Fsp3) is 1.00. The van der Waals surface area contributed by atoms with Crippen LogP contribution in [0, 0.1) is 5.92 Å². The fourth-order valence-corrected chi connectivity index (χ4v) is 1.53. The molecule has 0 amide bonds. The Hall–Kier alpha value is 0.350. The van der Waals surface area contributed by atoms with Crippen LogP contribution >= 0.6 is 12.6 Å². The molecule has 11 heavy (non-hydrogen) atoms. The molecule has 0 fully saturated rings. The lowest BCUT2D eigenvalue weighted by atomic mass is 9.98. The number of unbranched alkanes of at least 4 members (excludes halogenated alkanes) is 2. The Labute approximate surface area is 77.2 Å². The van der Waals surface area contributed by atoms with Crippen LogP contribution in [0.25, 0.3) is 0 Å². The summed E-state index contributed by atoms with van der Waals surface area (Å²) < 4.78 is 0. The van der Waals surface area contributed by atoms with Crippen LogP contribution in [0.4, 0.5) is 0 Å². The molecule has 0 bridgehead atoms. The van der Waals surface area contributed by atoms with Crippen molar-refractivity contribution in [3.05, 3.63) is 0 Å². The van der Waals surface area contributed by atoms with Gasteiger partial charge in [0.15, 0.2) is 0 Å². The molecular weight excluding hydrogens is 152 g/mol. The van der Waals surface area contributed by atoms with Gasteiger partial charge in [-0.3, -0.25) is 0 Å². The van der Waals surface area contributed by atoms with Crippen molar-refractivity contribution >= 4 is 12.6 Å². The lowest BCUT2D eigenvalue weighted by molar-refractivity contribution is 0.455. The van der Waals surface area contributed by atoms with Gasteiger partial charge in [-0.2, -0.15) is 12.6 Å². The molecule has 0 rings (SSSR count). The lowest BCUT2D eigenvalue weighted by Crippen LogP contribution is -1.94. The van der Waals surface area contributed by atoms with Gasteiger partial charge >= 0.3 is 0 Å². The highest BCUT2D eigenvalue weighted by Crippen LogP contribution is 2.14. The van der Waals surface area contributed by atoms with Crippen molar-refractivity contribution in [1.82, 2.24) is 0 Å². The average Bonchev–Trinajstić information content (AvgIpc) is 2.01. The fourth-order valence-electron chi connectivity index (χ4n) is 1.30. The van der Waals surface area contributed by atoms with Crippen LogP contribution in [0.15, 0.2) is 0 Å². The molecule has 68 valence electrons. The molecule has 1 unspecified atom stereocenters. The van der Waals surface area contributed by atoms with Gasteiger partial charge < -0.3 is 0 Å². The van der Waals surface area contributed by atoms with Gasteiger partial charge in [0.2, 0.25) is 0 Å². The standard InChI is InChI=1S/C10H22S/c1-3-4-7-10(2)8-5-6-9-11/h10-11H,3-9H2,1-2H3. The SMILES string of the molecule is CCCCC(C)CCCCS. The first kappa shape index (κ1) is 11.4. The number of hydrogen-bond acceptors (Lipinski definition) is 1. The first-order valence-electron chi connectivity index (χ1n) is 4.92. The van der Waals surface area contributed by atoms with Crippen LogP contribution in [-0.4, -0.2) is 5.75 Å². The Kier molecular flexibility index (Phi) is 8.72. The topological polar surface area (TPSA) is 0 Å². The maximum Gasteiger partial charge on any atom is -0.00979 e. The molecule has 0 N–H and O–H groups in total. The van der Waals surface area contributed by atoms with Crippen LogP contribution in [-0.2, 0) is 0 Å². The van der Waals surface area contributed by atoms with Crippen molar-refractivity contribution in [3.63, 3.8) is 0 Å². The second-order valence-electron chi connectivity index (χ2n) is 3.47. The molecule has 0 aliphatic carbocycles. The van der Waals surface area contributed by atoms with E-state index in [1.807, 2.05) is 0 Å². The van der Waals surface area contributed by atoms with Crippen molar-refractivity contribution in [2.45, 2.75) is 52.4 Å².